The van der Waals surface area contributed by atoms with Crippen molar-refractivity contribution in [3.63, 3.8) is 0 Å². The zero-order chi connectivity index (χ0) is 17.0. The molecule has 0 aromatic heterocycles. The largest absolute Gasteiger partial charge is 0.481 e. The maximum absolute atomic E-state index is 12.4. The molecular weight excluding hydrogens is 302 g/mol. The highest BCUT2D eigenvalue weighted by Gasteiger charge is 2.26. The van der Waals surface area contributed by atoms with Gasteiger partial charge in [0.1, 0.15) is 5.69 Å². The van der Waals surface area contributed by atoms with E-state index in [0.29, 0.717) is 12.2 Å². The molecule has 2 rings (SSSR count). The molecule has 1 aliphatic carbocycles. The van der Waals surface area contributed by atoms with Crippen LogP contribution in [0.25, 0.3) is 0 Å². The molecule has 0 unspecified atom stereocenters. The second kappa shape index (κ2) is 7.08. The lowest BCUT2D eigenvalue weighted by molar-refractivity contribution is -0.384. The zero-order valence-corrected chi connectivity index (χ0v) is 12.8. The van der Waals surface area contributed by atoms with E-state index in [-0.39, 0.29) is 30.3 Å². The Bertz CT molecular complexity index is 628. The third-order valence-electron chi connectivity index (χ3n) is 3.64. The molecule has 0 atom stereocenters. The van der Waals surface area contributed by atoms with Crippen LogP contribution in [0.15, 0.2) is 18.2 Å². The molecule has 0 radical (unpaired) electrons. The maximum atomic E-state index is 12.4. The van der Waals surface area contributed by atoms with Crippen LogP contribution in [-0.2, 0) is 4.79 Å². The minimum Gasteiger partial charge on any atom is -0.481 e. The van der Waals surface area contributed by atoms with Crippen LogP contribution in [-0.4, -0.2) is 45.9 Å². The topological polar surface area (TPSA) is 113 Å². The summed E-state index contributed by atoms with van der Waals surface area (Å²) in [6.07, 6.45) is 1.80. The van der Waals surface area contributed by atoms with Crippen LogP contribution in [0.1, 0.15) is 36.5 Å². The summed E-state index contributed by atoms with van der Waals surface area (Å²) in [5.41, 5.74) is 0.449. The van der Waals surface area contributed by atoms with Gasteiger partial charge in [0.05, 0.1) is 11.3 Å². The fourth-order valence-corrected chi connectivity index (χ4v) is 2.20. The summed E-state index contributed by atoms with van der Waals surface area (Å²) in [5, 5.41) is 23.0. The highest BCUT2D eigenvalue weighted by Crippen LogP contribution is 2.31. The van der Waals surface area contributed by atoms with E-state index in [1.807, 2.05) is 0 Å². The van der Waals surface area contributed by atoms with Gasteiger partial charge in [0.15, 0.2) is 0 Å². The molecular formula is C15H19N3O5. The second-order valence-electron chi connectivity index (χ2n) is 5.44. The lowest BCUT2D eigenvalue weighted by Gasteiger charge is -2.20. The van der Waals surface area contributed by atoms with E-state index in [2.05, 4.69) is 5.32 Å². The third kappa shape index (κ3) is 4.41. The number of amides is 1. The first kappa shape index (κ1) is 16.7. The molecule has 1 saturated carbocycles. The Kier molecular flexibility index (Phi) is 5.15. The van der Waals surface area contributed by atoms with Crippen molar-refractivity contribution >= 4 is 23.3 Å². The van der Waals surface area contributed by atoms with Gasteiger partial charge < -0.3 is 15.3 Å². The Balaban J connectivity index is 2.20. The number of carbonyl (C=O) groups is 2. The van der Waals surface area contributed by atoms with Crippen molar-refractivity contribution in [2.75, 3.05) is 18.4 Å². The van der Waals surface area contributed by atoms with Crippen LogP contribution in [0, 0.1) is 10.1 Å². The monoisotopic (exact) mass is 321 g/mol. The summed E-state index contributed by atoms with van der Waals surface area (Å²) in [6.45, 7) is 2.14. The average molecular weight is 321 g/mol. The van der Waals surface area contributed by atoms with Crippen molar-refractivity contribution in [1.82, 2.24) is 4.90 Å². The summed E-state index contributed by atoms with van der Waals surface area (Å²) in [7, 11) is 0. The normalized spacial score (nSPS) is 13.4. The molecule has 2 N–H and O–H groups in total. The van der Waals surface area contributed by atoms with E-state index in [1.165, 1.54) is 23.1 Å². The van der Waals surface area contributed by atoms with Gasteiger partial charge in [-0.1, -0.05) is 0 Å². The number of rotatable bonds is 8. The number of anilines is 1. The van der Waals surface area contributed by atoms with Crippen LogP contribution in [0.3, 0.4) is 0 Å². The number of carbonyl (C=O) groups excluding carboxylic acids is 1. The number of nitro groups is 1. The Morgan fingerprint density at radius 1 is 1.43 bits per heavy atom. The molecule has 1 fully saturated rings. The lowest BCUT2D eigenvalue weighted by atomic mass is 10.1. The molecule has 0 bridgehead atoms. The van der Waals surface area contributed by atoms with E-state index >= 15 is 0 Å². The number of nitro benzene ring substituents is 1. The summed E-state index contributed by atoms with van der Waals surface area (Å²) in [4.78, 5) is 35.1. The van der Waals surface area contributed by atoms with Gasteiger partial charge in [-0.15, -0.1) is 0 Å². The molecule has 1 amide bonds. The number of aliphatic carboxylic acids is 1. The van der Waals surface area contributed by atoms with Gasteiger partial charge >= 0.3 is 5.97 Å². The first-order valence-electron chi connectivity index (χ1n) is 7.48. The molecule has 1 aromatic carbocycles. The van der Waals surface area contributed by atoms with Gasteiger partial charge in [-0.2, -0.15) is 0 Å². The van der Waals surface area contributed by atoms with Crippen LogP contribution >= 0.6 is 0 Å². The molecule has 23 heavy (non-hydrogen) atoms. The first-order valence-corrected chi connectivity index (χ1v) is 7.48. The number of carboxylic acid groups (broad SMARTS) is 1. The molecule has 0 aliphatic heterocycles. The quantitative estimate of drug-likeness (QED) is 0.560. The van der Waals surface area contributed by atoms with Crippen molar-refractivity contribution in [3.05, 3.63) is 33.9 Å². The molecule has 8 heteroatoms. The lowest BCUT2D eigenvalue weighted by Crippen LogP contribution is -2.32. The van der Waals surface area contributed by atoms with E-state index in [1.54, 1.807) is 6.92 Å². The van der Waals surface area contributed by atoms with Gasteiger partial charge in [0, 0.05) is 30.8 Å². The Hall–Kier alpha value is -2.64. The second-order valence-corrected chi connectivity index (χ2v) is 5.44. The van der Waals surface area contributed by atoms with Gasteiger partial charge in [-0.3, -0.25) is 19.7 Å². The number of nitrogens with one attached hydrogen (secondary N) is 1. The molecule has 0 heterocycles. The molecule has 0 spiro atoms. The Labute approximate surface area is 133 Å². The number of hydrogen-bond acceptors (Lipinski definition) is 5. The minimum absolute atomic E-state index is 0.0700. The fraction of sp³-hybridized carbons (Fsp3) is 0.467. The van der Waals surface area contributed by atoms with Crippen molar-refractivity contribution in [2.24, 2.45) is 0 Å². The van der Waals surface area contributed by atoms with Crippen molar-refractivity contribution in [3.8, 4) is 0 Å². The maximum Gasteiger partial charge on any atom is 0.305 e. The average Bonchev–Trinajstić information content (AvgIpc) is 3.31. The summed E-state index contributed by atoms with van der Waals surface area (Å²) < 4.78 is 0. The van der Waals surface area contributed by atoms with E-state index < -0.39 is 16.8 Å². The number of benzene rings is 1. The Morgan fingerprint density at radius 2 is 2.13 bits per heavy atom. The molecule has 0 saturated heterocycles. The Morgan fingerprint density at radius 3 is 2.65 bits per heavy atom. The summed E-state index contributed by atoms with van der Waals surface area (Å²) in [6, 6.07) is 4.58. The zero-order valence-electron chi connectivity index (χ0n) is 12.8. The van der Waals surface area contributed by atoms with E-state index in [9.17, 15) is 19.7 Å². The smallest absolute Gasteiger partial charge is 0.305 e. The van der Waals surface area contributed by atoms with Crippen molar-refractivity contribution in [2.45, 2.75) is 32.2 Å². The van der Waals surface area contributed by atoms with Gasteiger partial charge in [-0.25, -0.2) is 0 Å². The van der Waals surface area contributed by atoms with Crippen molar-refractivity contribution in [1.29, 1.82) is 0 Å². The number of carboxylic acids is 1. The molecule has 1 aliphatic rings. The van der Waals surface area contributed by atoms with E-state index in [0.717, 1.165) is 12.8 Å². The molecule has 1 aromatic rings. The van der Waals surface area contributed by atoms with Crippen LogP contribution in [0.2, 0.25) is 0 Å². The molecule has 8 nitrogen and oxygen atoms in total. The summed E-state index contributed by atoms with van der Waals surface area (Å²) in [5.74, 6) is -1.40. The van der Waals surface area contributed by atoms with Gasteiger partial charge in [0.25, 0.3) is 11.6 Å². The van der Waals surface area contributed by atoms with Crippen LogP contribution in [0.5, 0.6) is 0 Å². The SMILES string of the molecule is CCN(CCC(=O)O)C(=O)c1ccc(NC2CC2)c([N+](=O)[O-])c1. The van der Waals surface area contributed by atoms with Crippen LogP contribution < -0.4 is 5.32 Å². The summed E-state index contributed by atoms with van der Waals surface area (Å²) >= 11 is 0. The van der Waals surface area contributed by atoms with Gasteiger partial charge in [-0.05, 0) is 31.9 Å². The van der Waals surface area contributed by atoms with E-state index in [4.69, 9.17) is 5.11 Å². The first-order chi connectivity index (χ1) is 10.9. The third-order valence-corrected chi connectivity index (χ3v) is 3.64. The highest BCUT2D eigenvalue weighted by atomic mass is 16.6. The van der Waals surface area contributed by atoms with Crippen LogP contribution in [0.4, 0.5) is 11.4 Å². The predicted molar refractivity (Wildman–Crippen MR) is 83.6 cm³/mol. The number of nitrogens with zero attached hydrogens (tertiary/aromatic N) is 2. The fourth-order valence-electron chi connectivity index (χ4n) is 2.20. The predicted octanol–water partition coefficient (Wildman–Crippen LogP) is 2.11. The highest BCUT2D eigenvalue weighted by molar-refractivity contribution is 5.96. The minimum atomic E-state index is -0.994. The standard InChI is InChI=1S/C15H19N3O5/c1-2-17(8-7-14(19)20)15(21)10-3-6-12(16-11-4-5-11)13(9-10)18(22)23/h3,6,9,11,16H,2,4-5,7-8H2,1H3,(H,19,20). The van der Waals surface area contributed by atoms with Gasteiger partial charge in [0.2, 0.25) is 0 Å². The van der Waals surface area contributed by atoms with Crippen molar-refractivity contribution < 1.29 is 19.6 Å². The molecule has 124 valence electrons. The number of hydrogen-bond donors (Lipinski definition) is 2.